The van der Waals surface area contributed by atoms with Crippen LogP contribution in [0.2, 0.25) is 0 Å². The van der Waals surface area contributed by atoms with Gasteiger partial charge in [-0.15, -0.1) is 24.0 Å². The van der Waals surface area contributed by atoms with Crippen molar-refractivity contribution in [3.63, 3.8) is 0 Å². The van der Waals surface area contributed by atoms with Crippen LogP contribution >= 0.6 is 35.7 Å². The quantitative estimate of drug-likeness (QED) is 0.338. The molecule has 3 saturated heterocycles. The number of nitrogens with zero attached hydrogens (tertiary/aromatic N) is 3. The number of thioether (sulfide) groups is 1. The number of guanidine groups is 1. The molecule has 1 saturated carbocycles. The molecule has 29 heavy (non-hydrogen) atoms. The van der Waals surface area contributed by atoms with Crippen LogP contribution in [-0.4, -0.2) is 98.0 Å². The first-order valence-electron chi connectivity index (χ1n) is 11.3. The maximum absolute atomic E-state index is 6.04. The first kappa shape index (κ1) is 23.9. The number of hydrogen-bond acceptors (Lipinski definition) is 5. The van der Waals surface area contributed by atoms with E-state index in [0.29, 0.717) is 5.54 Å². The van der Waals surface area contributed by atoms with Crippen molar-refractivity contribution in [2.75, 3.05) is 64.5 Å². The number of ether oxygens (including phenoxy) is 2. The topological polar surface area (TPSA) is 49.3 Å². The van der Waals surface area contributed by atoms with E-state index in [9.17, 15) is 0 Å². The molecule has 0 amide bonds. The largest absolute Gasteiger partial charge is 0.375 e. The van der Waals surface area contributed by atoms with Crippen LogP contribution in [0.3, 0.4) is 0 Å². The fourth-order valence-corrected chi connectivity index (χ4v) is 6.32. The van der Waals surface area contributed by atoms with Crippen LogP contribution < -0.4 is 5.32 Å². The van der Waals surface area contributed by atoms with Crippen LogP contribution in [0.5, 0.6) is 0 Å². The average Bonchev–Trinajstić information content (AvgIpc) is 3.31. The van der Waals surface area contributed by atoms with Gasteiger partial charge in [-0.1, -0.05) is 19.3 Å². The summed E-state index contributed by atoms with van der Waals surface area (Å²) >= 11 is 2.11. The normalized spacial score (nSPS) is 31.3. The molecule has 0 spiro atoms. The van der Waals surface area contributed by atoms with Crippen LogP contribution in [0, 0.1) is 0 Å². The highest BCUT2D eigenvalue weighted by Crippen LogP contribution is 2.35. The Morgan fingerprint density at radius 3 is 2.48 bits per heavy atom. The van der Waals surface area contributed by atoms with E-state index >= 15 is 0 Å². The maximum atomic E-state index is 6.04. The van der Waals surface area contributed by atoms with Gasteiger partial charge in [-0.2, -0.15) is 11.8 Å². The minimum Gasteiger partial charge on any atom is -0.375 e. The van der Waals surface area contributed by atoms with Gasteiger partial charge in [-0.3, -0.25) is 9.89 Å². The van der Waals surface area contributed by atoms with E-state index in [1.54, 1.807) is 0 Å². The van der Waals surface area contributed by atoms with Gasteiger partial charge >= 0.3 is 0 Å². The van der Waals surface area contributed by atoms with Crippen LogP contribution in [0.4, 0.5) is 0 Å². The summed E-state index contributed by atoms with van der Waals surface area (Å²) in [4.78, 5) is 9.82. The van der Waals surface area contributed by atoms with Crippen molar-refractivity contribution in [1.29, 1.82) is 0 Å². The second-order valence-corrected chi connectivity index (χ2v) is 9.92. The highest BCUT2D eigenvalue weighted by atomic mass is 127. The molecule has 0 radical (unpaired) electrons. The summed E-state index contributed by atoms with van der Waals surface area (Å²) in [7, 11) is 1.92. The lowest BCUT2D eigenvalue weighted by Gasteiger charge is -2.49. The van der Waals surface area contributed by atoms with Crippen molar-refractivity contribution >= 4 is 41.7 Å². The Hall–Kier alpha value is 0.230. The number of hydrogen-bond donors (Lipinski definition) is 1. The lowest BCUT2D eigenvalue weighted by molar-refractivity contribution is -0.0818. The highest BCUT2D eigenvalue weighted by molar-refractivity contribution is 14.0. The molecule has 1 N–H and O–H groups in total. The van der Waals surface area contributed by atoms with Gasteiger partial charge in [0.2, 0.25) is 0 Å². The minimum atomic E-state index is 0. The fraction of sp³-hybridized carbons (Fsp3) is 0.952. The summed E-state index contributed by atoms with van der Waals surface area (Å²) in [5.74, 6) is 3.61. The number of nitrogens with one attached hydrogen (secondary N) is 1. The van der Waals surface area contributed by atoms with E-state index in [2.05, 4.69) is 31.9 Å². The van der Waals surface area contributed by atoms with Gasteiger partial charge in [-0.05, 0) is 25.7 Å². The number of halogens is 1. The number of aliphatic imine (C=N–C) groups is 1. The lowest BCUT2D eigenvalue weighted by Crippen LogP contribution is -2.61. The van der Waals surface area contributed by atoms with Gasteiger partial charge < -0.3 is 19.7 Å². The lowest BCUT2D eigenvalue weighted by atomic mass is 9.80. The number of rotatable bonds is 4. The Balaban J connectivity index is 0.00000240. The van der Waals surface area contributed by atoms with Gasteiger partial charge in [-0.25, -0.2) is 0 Å². The molecule has 8 heteroatoms. The third-order valence-corrected chi connectivity index (χ3v) is 7.97. The van der Waals surface area contributed by atoms with Gasteiger partial charge in [0, 0.05) is 63.4 Å². The summed E-state index contributed by atoms with van der Waals surface area (Å²) in [6.07, 6.45) is 9.49. The van der Waals surface area contributed by atoms with Crippen LogP contribution in [0.25, 0.3) is 0 Å². The smallest absolute Gasteiger partial charge is 0.193 e. The van der Waals surface area contributed by atoms with Crippen molar-refractivity contribution in [1.82, 2.24) is 15.1 Å². The van der Waals surface area contributed by atoms with E-state index in [1.807, 2.05) is 7.05 Å². The van der Waals surface area contributed by atoms with Crippen LogP contribution in [0.15, 0.2) is 4.99 Å². The molecule has 3 aliphatic heterocycles. The third-order valence-electron chi connectivity index (χ3n) is 7.03. The molecule has 4 fully saturated rings. The van der Waals surface area contributed by atoms with Crippen molar-refractivity contribution in [3.8, 4) is 0 Å². The molecule has 168 valence electrons. The SMILES string of the molecule is CN=C(NCC1(N2CCSCC2)CCCCC1)N1CCOC(C2CCCO2)C1.I. The summed E-state index contributed by atoms with van der Waals surface area (Å²) in [5.41, 5.74) is 0.315. The van der Waals surface area contributed by atoms with E-state index in [-0.39, 0.29) is 36.2 Å². The molecule has 4 aliphatic rings. The van der Waals surface area contributed by atoms with Crippen molar-refractivity contribution in [2.45, 2.75) is 62.7 Å². The predicted molar refractivity (Wildman–Crippen MR) is 132 cm³/mol. The van der Waals surface area contributed by atoms with Gasteiger partial charge in [0.15, 0.2) is 5.96 Å². The molecule has 1 aliphatic carbocycles. The zero-order chi connectivity index (χ0) is 19.2. The number of morpholine rings is 1. The van der Waals surface area contributed by atoms with Crippen molar-refractivity contribution < 1.29 is 9.47 Å². The zero-order valence-corrected chi connectivity index (χ0v) is 21.1. The van der Waals surface area contributed by atoms with Gasteiger partial charge in [0.25, 0.3) is 0 Å². The molecule has 6 nitrogen and oxygen atoms in total. The third kappa shape index (κ3) is 5.93. The second kappa shape index (κ2) is 11.7. The first-order chi connectivity index (χ1) is 13.8. The van der Waals surface area contributed by atoms with Gasteiger partial charge in [0.1, 0.15) is 6.10 Å². The first-order valence-corrected chi connectivity index (χ1v) is 12.5. The predicted octanol–water partition coefficient (Wildman–Crippen LogP) is 2.81. The Kier molecular flexibility index (Phi) is 9.67. The molecule has 3 heterocycles. The van der Waals surface area contributed by atoms with Crippen LogP contribution in [-0.2, 0) is 9.47 Å². The monoisotopic (exact) mass is 538 g/mol. The van der Waals surface area contributed by atoms with E-state index in [0.717, 1.165) is 51.6 Å². The fourth-order valence-electron chi connectivity index (χ4n) is 5.42. The van der Waals surface area contributed by atoms with E-state index in [4.69, 9.17) is 9.47 Å². The second-order valence-electron chi connectivity index (χ2n) is 8.69. The molecule has 2 atom stereocenters. The molecule has 0 bridgehead atoms. The Bertz CT molecular complexity index is 521. The molecular formula is C21H39IN4O2S. The summed E-state index contributed by atoms with van der Waals surface area (Å²) in [5, 5.41) is 3.79. The molecule has 0 aromatic rings. The van der Waals surface area contributed by atoms with Crippen molar-refractivity contribution in [3.05, 3.63) is 0 Å². The molecule has 0 aromatic heterocycles. The molecular weight excluding hydrogens is 499 g/mol. The Labute approximate surface area is 197 Å². The maximum Gasteiger partial charge on any atom is 0.193 e. The summed E-state index contributed by atoms with van der Waals surface area (Å²) in [6.45, 7) is 6.95. The van der Waals surface area contributed by atoms with Gasteiger partial charge in [0.05, 0.1) is 12.7 Å². The Morgan fingerprint density at radius 2 is 1.79 bits per heavy atom. The zero-order valence-electron chi connectivity index (χ0n) is 17.9. The van der Waals surface area contributed by atoms with E-state index in [1.165, 1.54) is 56.7 Å². The molecule has 4 rings (SSSR count). The van der Waals surface area contributed by atoms with Crippen LogP contribution in [0.1, 0.15) is 44.9 Å². The highest BCUT2D eigenvalue weighted by Gasteiger charge is 2.39. The Morgan fingerprint density at radius 1 is 1.03 bits per heavy atom. The standard InChI is InChI=1S/C21H38N4O2S.HI/c1-22-20(24-9-13-27-19(16-24)18-6-5-12-26-18)23-17-21(7-3-2-4-8-21)25-10-14-28-15-11-25;/h18-19H,2-17H2,1H3,(H,22,23);1H. The van der Waals surface area contributed by atoms with Crippen molar-refractivity contribution in [2.24, 2.45) is 4.99 Å². The van der Waals surface area contributed by atoms with E-state index < -0.39 is 0 Å². The summed E-state index contributed by atoms with van der Waals surface area (Å²) in [6, 6.07) is 0. The average molecular weight is 539 g/mol. The summed E-state index contributed by atoms with van der Waals surface area (Å²) < 4.78 is 11.9. The molecule has 2 unspecified atom stereocenters. The minimum absolute atomic E-state index is 0. The molecule has 0 aromatic carbocycles.